The molecule has 1 aromatic heterocycles. The quantitative estimate of drug-likeness (QED) is 0.758. The van der Waals surface area contributed by atoms with Crippen LogP contribution in [0.25, 0.3) is 0 Å². The molecule has 23 heavy (non-hydrogen) atoms. The van der Waals surface area contributed by atoms with Crippen LogP contribution in [0.3, 0.4) is 0 Å². The number of ether oxygens (including phenoxy) is 1. The molecule has 2 aromatic rings. The van der Waals surface area contributed by atoms with Crippen molar-refractivity contribution < 1.29 is 9.53 Å². The van der Waals surface area contributed by atoms with E-state index in [1.54, 1.807) is 16.9 Å². The van der Waals surface area contributed by atoms with Gasteiger partial charge in [0.1, 0.15) is 11.4 Å². The fraction of sp³-hybridized carbons (Fsp3) is 0.444. The van der Waals surface area contributed by atoms with E-state index in [-0.39, 0.29) is 12.6 Å². The zero-order valence-electron chi connectivity index (χ0n) is 14.1. The lowest BCUT2D eigenvalue weighted by Crippen LogP contribution is -2.25. The first-order chi connectivity index (χ1) is 11.1. The smallest absolute Gasteiger partial charge is 0.271 e. The van der Waals surface area contributed by atoms with Gasteiger partial charge in [-0.2, -0.15) is 5.10 Å². The second-order valence-corrected chi connectivity index (χ2v) is 5.85. The Bertz CT molecular complexity index is 617. The van der Waals surface area contributed by atoms with E-state index in [1.807, 2.05) is 12.1 Å². The molecule has 2 rings (SSSR count). The highest BCUT2D eigenvalue weighted by Crippen LogP contribution is 2.18. The van der Waals surface area contributed by atoms with E-state index in [9.17, 15) is 4.79 Å². The van der Waals surface area contributed by atoms with E-state index in [0.29, 0.717) is 18.2 Å². The zero-order valence-corrected chi connectivity index (χ0v) is 14.1. The van der Waals surface area contributed by atoms with Gasteiger partial charge in [-0.1, -0.05) is 39.3 Å². The number of benzene rings is 1. The molecule has 0 aliphatic carbocycles. The van der Waals surface area contributed by atoms with Crippen molar-refractivity contribution in [2.75, 3.05) is 6.54 Å². The van der Waals surface area contributed by atoms with Crippen molar-refractivity contribution in [3.05, 3.63) is 47.8 Å². The van der Waals surface area contributed by atoms with Crippen LogP contribution in [0, 0.1) is 0 Å². The molecule has 1 heterocycles. The van der Waals surface area contributed by atoms with Gasteiger partial charge in [0.25, 0.3) is 5.91 Å². The number of rotatable bonds is 8. The number of carbonyl (C=O) groups excluding carboxylic acids is 1. The van der Waals surface area contributed by atoms with Gasteiger partial charge >= 0.3 is 0 Å². The molecule has 0 saturated carbocycles. The second-order valence-electron chi connectivity index (χ2n) is 5.85. The van der Waals surface area contributed by atoms with Crippen LogP contribution in [-0.2, 0) is 6.73 Å². The topological polar surface area (TPSA) is 56.2 Å². The first-order valence-corrected chi connectivity index (χ1v) is 8.14. The van der Waals surface area contributed by atoms with E-state index in [0.717, 1.165) is 18.6 Å². The Balaban J connectivity index is 1.85. The highest BCUT2D eigenvalue weighted by Gasteiger charge is 2.08. The molecule has 1 aromatic carbocycles. The van der Waals surface area contributed by atoms with Crippen LogP contribution in [0.5, 0.6) is 5.75 Å². The number of carbonyl (C=O) groups is 1. The van der Waals surface area contributed by atoms with Crippen molar-refractivity contribution in [1.82, 2.24) is 15.1 Å². The summed E-state index contributed by atoms with van der Waals surface area (Å²) >= 11 is 0. The molecule has 0 atom stereocenters. The van der Waals surface area contributed by atoms with E-state index in [1.165, 1.54) is 5.56 Å². The summed E-state index contributed by atoms with van der Waals surface area (Å²) in [7, 11) is 0. The third-order valence-corrected chi connectivity index (χ3v) is 3.60. The lowest BCUT2D eigenvalue weighted by molar-refractivity contribution is 0.0946. The van der Waals surface area contributed by atoms with Crippen molar-refractivity contribution in [2.45, 2.75) is 46.3 Å². The van der Waals surface area contributed by atoms with E-state index in [2.05, 4.69) is 43.3 Å². The molecule has 5 nitrogen and oxygen atoms in total. The predicted octanol–water partition coefficient (Wildman–Crippen LogP) is 3.57. The number of nitrogens with one attached hydrogen (secondary N) is 1. The number of aromatic nitrogens is 2. The molecular formula is C18H25N3O2. The summed E-state index contributed by atoms with van der Waals surface area (Å²) in [4.78, 5) is 11.9. The van der Waals surface area contributed by atoms with Gasteiger partial charge < -0.3 is 10.1 Å². The number of nitrogens with zero attached hydrogens (tertiary/aromatic N) is 2. The van der Waals surface area contributed by atoms with E-state index in [4.69, 9.17) is 4.74 Å². The molecule has 5 heteroatoms. The Morgan fingerprint density at radius 1 is 1.26 bits per heavy atom. The Morgan fingerprint density at radius 3 is 2.65 bits per heavy atom. The van der Waals surface area contributed by atoms with Crippen LogP contribution >= 0.6 is 0 Å². The van der Waals surface area contributed by atoms with Gasteiger partial charge in [0.15, 0.2) is 6.73 Å². The molecular weight excluding hydrogens is 290 g/mol. The summed E-state index contributed by atoms with van der Waals surface area (Å²) in [6.07, 6.45) is 3.78. The molecule has 0 saturated heterocycles. The minimum absolute atomic E-state index is 0.140. The van der Waals surface area contributed by atoms with Gasteiger partial charge in [-0.25, -0.2) is 4.68 Å². The Kier molecular flexibility index (Phi) is 6.20. The van der Waals surface area contributed by atoms with Crippen molar-refractivity contribution in [1.29, 1.82) is 0 Å². The molecule has 0 spiro atoms. The average Bonchev–Trinajstić information content (AvgIpc) is 3.02. The monoisotopic (exact) mass is 315 g/mol. The SMILES string of the molecule is CCCCNC(=O)c1ccn(COc2ccc(C(C)C)cc2)n1. The molecule has 0 radical (unpaired) electrons. The maximum atomic E-state index is 11.9. The molecule has 0 aliphatic heterocycles. The normalized spacial score (nSPS) is 10.8. The molecule has 1 amide bonds. The van der Waals surface area contributed by atoms with Crippen molar-refractivity contribution in [3.8, 4) is 5.75 Å². The number of hydrogen-bond acceptors (Lipinski definition) is 3. The summed E-state index contributed by atoms with van der Waals surface area (Å²) in [6.45, 7) is 7.37. The summed E-state index contributed by atoms with van der Waals surface area (Å²) in [5.74, 6) is 1.15. The van der Waals surface area contributed by atoms with Crippen molar-refractivity contribution in [2.24, 2.45) is 0 Å². The lowest BCUT2D eigenvalue weighted by Gasteiger charge is -2.09. The van der Waals surface area contributed by atoms with E-state index >= 15 is 0 Å². The Morgan fingerprint density at radius 2 is 2.00 bits per heavy atom. The van der Waals surface area contributed by atoms with Crippen molar-refractivity contribution in [3.63, 3.8) is 0 Å². The zero-order chi connectivity index (χ0) is 16.7. The second kappa shape index (κ2) is 8.36. The lowest BCUT2D eigenvalue weighted by atomic mass is 10.0. The Hall–Kier alpha value is -2.30. The average molecular weight is 315 g/mol. The fourth-order valence-electron chi connectivity index (χ4n) is 2.11. The first kappa shape index (κ1) is 17.1. The number of unbranched alkanes of at least 4 members (excludes halogenated alkanes) is 1. The molecule has 0 aliphatic rings. The molecule has 0 fully saturated rings. The van der Waals surface area contributed by atoms with Crippen LogP contribution in [-0.4, -0.2) is 22.2 Å². The molecule has 0 unspecified atom stereocenters. The highest BCUT2D eigenvalue weighted by atomic mass is 16.5. The van der Waals surface area contributed by atoms with Gasteiger partial charge in [0.05, 0.1) is 0 Å². The number of hydrogen-bond donors (Lipinski definition) is 1. The summed E-state index contributed by atoms with van der Waals surface area (Å²) in [5, 5.41) is 7.08. The molecule has 1 N–H and O–H groups in total. The molecule has 0 bridgehead atoms. The third kappa shape index (κ3) is 5.13. The minimum Gasteiger partial charge on any atom is -0.471 e. The van der Waals surface area contributed by atoms with Crippen LogP contribution in [0.1, 0.15) is 55.6 Å². The first-order valence-electron chi connectivity index (χ1n) is 8.14. The Labute approximate surface area is 137 Å². The maximum Gasteiger partial charge on any atom is 0.271 e. The highest BCUT2D eigenvalue weighted by molar-refractivity contribution is 5.92. The number of amides is 1. The van der Waals surface area contributed by atoms with Crippen LogP contribution < -0.4 is 10.1 Å². The van der Waals surface area contributed by atoms with Gasteiger partial charge in [0, 0.05) is 12.7 Å². The third-order valence-electron chi connectivity index (χ3n) is 3.60. The van der Waals surface area contributed by atoms with Gasteiger partial charge in [-0.15, -0.1) is 0 Å². The van der Waals surface area contributed by atoms with Gasteiger partial charge in [-0.05, 0) is 36.1 Å². The predicted molar refractivity (Wildman–Crippen MR) is 90.6 cm³/mol. The summed E-state index contributed by atoms with van der Waals surface area (Å²) < 4.78 is 7.30. The van der Waals surface area contributed by atoms with Crippen LogP contribution in [0.15, 0.2) is 36.5 Å². The van der Waals surface area contributed by atoms with Gasteiger partial charge in [0.2, 0.25) is 0 Å². The maximum absolute atomic E-state index is 11.9. The largest absolute Gasteiger partial charge is 0.471 e. The van der Waals surface area contributed by atoms with Crippen LogP contribution in [0.2, 0.25) is 0 Å². The van der Waals surface area contributed by atoms with E-state index < -0.39 is 0 Å². The minimum atomic E-state index is -0.140. The van der Waals surface area contributed by atoms with Crippen LogP contribution in [0.4, 0.5) is 0 Å². The summed E-state index contributed by atoms with van der Waals surface area (Å²) in [5.41, 5.74) is 1.70. The fourth-order valence-corrected chi connectivity index (χ4v) is 2.11. The van der Waals surface area contributed by atoms with Gasteiger partial charge in [-0.3, -0.25) is 4.79 Å². The summed E-state index contributed by atoms with van der Waals surface area (Å²) in [6, 6.07) is 9.74. The molecule has 124 valence electrons. The standard InChI is InChI=1S/C18H25N3O2/c1-4-5-11-19-18(22)17-10-12-21(20-17)13-23-16-8-6-15(7-9-16)14(2)3/h6-10,12,14H,4-5,11,13H2,1-3H3,(H,19,22). The van der Waals surface area contributed by atoms with Crippen molar-refractivity contribution >= 4 is 5.91 Å².